The largest absolute Gasteiger partial charge is 0.380 e. The first-order valence-corrected chi connectivity index (χ1v) is 3.58. The lowest BCUT2D eigenvalue weighted by Gasteiger charge is -2.24. The van der Waals surface area contributed by atoms with E-state index < -0.39 is 0 Å². The molecule has 0 aromatic carbocycles. The van der Waals surface area contributed by atoms with Gasteiger partial charge >= 0.3 is 0 Å². The van der Waals surface area contributed by atoms with E-state index in [-0.39, 0.29) is 0 Å². The van der Waals surface area contributed by atoms with Crippen LogP contribution >= 0.6 is 12.6 Å². The first kappa shape index (κ1) is 6.43. The molecule has 0 bridgehead atoms. The van der Waals surface area contributed by atoms with E-state index in [1.807, 2.05) is 0 Å². The van der Waals surface area contributed by atoms with Crippen LogP contribution in [0.3, 0.4) is 0 Å². The van der Waals surface area contributed by atoms with Gasteiger partial charge in [-0.3, -0.25) is 0 Å². The van der Waals surface area contributed by atoms with Crippen molar-refractivity contribution >= 4 is 12.6 Å². The Labute approximate surface area is 55.8 Å². The van der Waals surface area contributed by atoms with Crippen molar-refractivity contribution in [3.05, 3.63) is 0 Å². The molecule has 0 spiro atoms. The zero-order valence-corrected chi connectivity index (χ0v) is 6.03. The molecule has 1 aliphatic rings. The van der Waals surface area contributed by atoms with E-state index in [1.165, 1.54) is 6.42 Å². The fourth-order valence-corrected chi connectivity index (χ4v) is 1.08. The maximum absolute atomic E-state index is 5.18. The molecule has 1 heterocycles. The Kier molecular flexibility index (Phi) is 2.20. The molecule has 8 heavy (non-hydrogen) atoms. The minimum absolute atomic E-state index is 0.476. The van der Waals surface area contributed by atoms with Gasteiger partial charge in [0, 0.05) is 11.9 Å². The minimum atomic E-state index is 0.476. The van der Waals surface area contributed by atoms with Crippen LogP contribution in [0.15, 0.2) is 0 Å². The molecule has 1 aliphatic heterocycles. The lowest BCUT2D eigenvalue weighted by Crippen LogP contribution is -2.25. The molecule has 1 fully saturated rings. The summed E-state index contributed by atoms with van der Waals surface area (Å²) in [6.45, 7) is 3.99. The van der Waals surface area contributed by atoms with Gasteiger partial charge in [0.2, 0.25) is 0 Å². The van der Waals surface area contributed by atoms with Crippen molar-refractivity contribution in [2.24, 2.45) is 5.92 Å². The predicted molar refractivity (Wildman–Crippen MR) is 37.4 cm³/mol. The average Bonchev–Trinajstić information content (AvgIpc) is 1.77. The van der Waals surface area contributed by atoms with E-state index in [1.54, 1.807) is 0 Å². The highest BCUT2D eigenvalue weighted by molar-refractivity contribution is 7.81. The van der Waals surface area contributed by atoms with E-state index in [9.17, 15) is 0 Å². The number of ether oxygens (including phenoxy) is 1. The Bertz CT molecular complexity index is 64.9. The maximum Gasteiger partial charge on any atom is 0.0585 e. The second-order valence-electron chi connectivity index (χ2n) is 2.41. The van der Waals surface area contributed by atoms with Crippen LogP contribution in [-0.4, -0.2) is 18.5 Å². The van der Waals surface area contributed by atoms with Gasteiger partial charge in [-0.25, -0.2) is 0 Å². The van der Waals surface area contributed by atoms with Crippen molar-refractivity contribution in [3.8, 4) is 0 Å². The summed E-state index contributed by atoms with van der Waals surface area (Å²) in [7, 11) is 0. The fourth-order valence-electron chi connectivity index (χ4n) is 0.830. The molecule has 1 saturated heterocycles. The quantitative estimate of drug-likeness (QED) is 0.489. The van der Waals surface area contributed by atoms with Crippen molar-refractivity contribution < 1.29 is 4.74 Å². The maximum atomic E-state index is 5.18. The lowest BCUT2D eigenvalue weighted by atomic mass is 10.0. The van der Waals surface area contributed by atoms with Crippen LogP contribution in [0, 0.1) is 5.92 Å². The highest BCUT2D eigenvalue weighted by Gasteiger charge is 2.17. The number of hydrogen-bond donors (Lipinski definition) is 1. The fraction of sp³-hybridized carbons (Fsp3) is 1.00. The van der Waals surface area contributed by atoms with Crippen LogP contribution in [-0.2, 0) is 4.74 Å². The van der Waals surface area contributed by atoms with Gasteiger partial charge in [0.1, 0.15) is 0 Å². The van der Waals surface area contributed by atoms with E-state index in [4.69, 9.17) is 4.74 Å². The molecule has 0 N–H and O–H groups in total. The Morgan fingerprint density at radius 3 is 2.75 bits per heavy atom. The normalized spacial score (nSPS) is 39.8. The van der Waals surface area contributed by atoms with Crippen molar-refractivity contribution in [1.29, 1.82) is 0 Å². The van der Waals surface area contributed by atoms with Crippen LogP contribution in [0.2, 0.25) is 0 Å². The van der Waals surface area contributed by atoms with E-state index in [0.717, 1.165) is 19.1 Å². The smallest absolute Gasteiger partial charge is 0.0585 e. The highest BCUT2D eigenvalue weighted by atomic mass is 32.1. The number of rotatable bonds is 0. The average molecular weight is 132 g/mol. The van der Waals surface area contributed by atoms with Crippen molar-refractivity contribution in [3.63, 3.8) is 0 Å². The molecule has 0 radical (unpaired) electrons. The first-order chi connectivity index (χ1) is 3.80. The van der Waals surface area contributed by atoms with Crippen LogP contribution in [0.4, 0.5) is 0 Å². The second kappa shape index (κ2) is 2.74. The van der Waals surface area contributed by atoms with Gasteiger partial charge in [0.25, 0.3) is 0 Å². The van der Waals surface area contributed by atoms with E-state index in [0.29, 0.717) is 5.25 Å². The van der Waals surface area contributed by atoms with Gasteiger partial charge in [-0.1, -0.05) is 6.92 Å². The molecule has 48 valence electrons. The monoisotopic (exact) mass is 132 g/mol. The van der Waals surface area contributed by atoms with Gasteiger partial charge < -0.3 is 4.74 Å². The van der Waals surface area contributed by atoms with Gasteiger partial charge in [-0.2, -0.15) is 12.6 Å². The third-order valence-electron chi connectivity index (χ3n) is 1.66. The molecular weight excluding hydrogens is 120 g/mol. The summed E-state index contributed by atoms with van der Waals surface area (Å²) in [4.78, 5) is 0. The highest BCUT2D eigenvalue weighted by Crippen LogP contribution is 2.18. The van der Waals surface area contributed by atoms with Crippen LogP contribution in [0.1, 0.15) is 13.3 Å². The Morgan fingerprint density at radius 2 is 2.38 bits per heavy atom. The third-order valence-corrected chi connectivity index (χ3v) is 2.32. The predicted octanol–water partition coefficient (Wildman–Crippen LogP) is 1.34. The molecule has 0 amide bonds. The number of thiol groups is 1. The van der Waals surface area contributed by atoms with Crippen molar-refractivity contribution in [2.75, 3.05) is 13.2 Å². The van der Waals surface area contributed by atoms with Crippen LogP contribution < -0.4 is 0 Å². The molecule has 2 heteroatoms. The molecule has 2 atom stereocenters. The topological polar surface area (TPSA) is 9.23 Å². The Balaban J connectivity index is 2.28. The van der Waals surface area contributed by atoms with E-state index >= 15 is 0 Å². The van der Waals surface area contributed by atoms with Gasteiger partial charge in [0.05, 0.1) is 6.61 Å². The standard InChI is InChI=1S/C6H12OS/c1-5-2-3-7-4-6(5)8/h5-6,8H,2-4H2,1H3. The Morgan fingerprint density at radius 1 is 1.62 bits per heavy atom. The van der Waals surface area contributed by atoms with Gasteiger partial charge in [-0.15, -0.1) is 0 Å². The summed E-state index contributed by atoms with van der Waals surface area (Å²) >= 11 is 4.33. The summed E-state index contributed by atoms with van der Waals surface area (Å²) < 4.78 is 5.18. The summed E-state index contributed by atoms with van der Waals surface area (Å²) in [5, 5.41) is 0.476. The molecule has 0 aromatic heterocycles. The van der Waals surface area contributed by atoms with Crippen LogP contribution in [0.25, 0.3) is 0 Å². The van der Waals surface area contributed by atoms with Crippen molar-refractivity contribution in [1.82, 2.24) is 0 Å². The first-order valence-electron chi connectivity index (χ1n) is 3.06. The zero-order valence-electron chi connectivity index (χ0n) is 5.13. The summed E-state index contributed by atoms with van der Waals surface area (Å²) in [5.41, 5.74) is 0. The number of hydrogen-bond acceptors (Lipinski definition) is 2. The molecule has 0 aliphatic carbocycles. The second-order valence-corrected chi connectivity index (χ2v) is 3.07. The summed E-state index contributed by atoms with van der Waals surface area (Å²) in [5.74, 6) is 0.743. The van der Waals surface area contributed by atoms with Crippen molar-refractivity contribution in [2.45, 2.75) is 18.6 Å². The summed E-state index contributed by atoms with van der Waals surface area (Å²) in [6, 6.07) is 0. The molecule has 0 saturated carbocycles. The molecule has 0 aromatic rings. The molecular formula is C6H12OS. The zero-order chi connectivity index (χ0) is 5.98. The molecule has 2 unspecified atom stereocenters. The van der Waals surface area contributed by atoms with E-state index in [2.05, 4.69) is 19.6 Å². The lowest BCUT2D eigenvalue weighted by molar-refractivity contribution is 0.0776. The van der Waals surface area contributed by atoms with Crippen LogP contribution in [0.5, 0.6) is 0 Å². The Hall–Kier alpha value is 0.310. The minimum Gasteiger partial charge on any atom is -0.380 e. The van der Waals surface area contributed by atoms with Gasteiger partial charge in [0.15, 0.2) is 0 Å². The summed E-state index contributed by atoms with van der Waals surface area (Å²) in [6.07, 6.45) is 1.17. The third kappa shape index (κ3) is 1.39. The van der Waals surface area contributed by atoms with Gasteiger partial charge in [-0.05, 0) is 12.3 Å². The molecule has 1 nitrogen and oxygen atoms in total. The SMILES string of the molecule is CC1CCOCC1S. The molecule has 1 rings (SSSR count).